The van der Waals surface area contributed by atoms with Gasteiger partial charge in [-0.25, -0.2) is 8.42 Å². The van der Waals surface area contributed by atoms with E-state index in [1.165, 1.54) is 0 Å². The van der Waals surface area contributed by atoms with Crippen molar-refractivity contribution in [3.63, 3.8) is 0 Å². The van der Waals surface area contributed by atoms with E-state index in [9.17, 15) is 13.2 Å². The second-order valence-electron chi connectivity index (χ2n) is 7.62. The summed E-state index contributed by atoms with van der Waals surface area (Å²) in [6.45, 7) is 6.28. The van der Waals surface area contributed by atoms with Crippen LogP contribution in [0, 0.1) is 0 Å². The molecule has 0 aromatic heterocycles. The third kappa shape index (κ3) is 6.04. The minimum Gasteiger partial charge on any atom is -0.491 e. The van der Waals surface area contributed by atoms with Crippen LogP contribution >= 0.6 is 0 Å². The number of amides is 1. The molecule has 1 atom stereocenters. The van der Waals surface area contributed by atoms with E-state index in [2.05, 4.69) is 5.32 Å². The first-order valence-electron chi connectivity index (χ1n) is 10.1. The van der Waals surface area contributed by atoms with Gasteiger partial charge in [-0.1, -0.05) is 6.07 Å². The maximum Gasteiger partial charge on any atom is 0.241 e. The third-order valence-electron chi connectivity index (χ3n) is 4.63. The second kappa shape index (κ2) is 9.47. The lowest BCUT2D eigenvalue weighted by Gasteiger charge is -2.24. The number of ether oxygens (including phenoxy) is 3. The van der Waals surface area contributed by atoms with Gasteiger partial charge < -0.3 is 19.5 Å². The highest BCUT2D eigenvalue weighted by atomic mass is 32.2. The average Bonchev–Trinajstić information content (AvgIpc) is 2.71. The molecule has 0 bridgehead atoms. The van der Waals surface area contributed by atoms with Crippen LogP contribution in [0.15, 0.2) is 42.5 Å². The number of benzene rings is 2. The quantitative estimate of drug-likeness (QED) is 0.667. The Hall–Kier alpha value is -2.94. The predicted molar refractivity (Wildman–Crippen MR) is 118 cm³/mol. The fraction of sp³-hybridized carbons (Fsp3) is 0.409. The summed E-state index contributed by atoms with van der Waals surface area (Å²) in [5.41, 5.74) is 1.22. The molecule has 0 aliphatic carbocycles. The Morgan fingerprint density at radius 2 is 1.71 bits per heavy atom. The van der Waals surface area contributed by atoms with Crippen molar-refractivity contribution in [3.8, 4) is 17.2 Å². The number of nitrogens with zero attached hydrogens (tertiary/aromatic N) is 1. The Morgan fingerprint density at radius 1 is 1.06 bits per heavy atom. The van der Waals surface area contributed by atoms with Crippen molar-refractivity contribution >= 4 is 21.6 Å². The number of nitrogens with one attached hydrogen (secondary N) is 1. The fourth-order valence-electron chi connectivity index (χ4n) is 3.19. The van der Waals surface area contributed by atoms with Gasteiger partial charge in [0, 0.05) is 0 Å². The van der Waals surface area contributed by atoms with Crippen molar-refractivity contribution in [2.75, 3.05) is 30.3 Å². The fourth-order valence-corrected chi connectivity index (χ4v) is 4.05. The molecule has 1 amide bonds. The SMILES string of the molecule is CC(C)Oc1ccc(N(CC(=O)NC(C)c2ccc3c(c2)OCCO3)S(C)(=O)=O)cc1. The summed E-state index contributed by atoms with van der Waals surface area (Å²) in [6, 6.07) is 11.7. The summed E-state index contributed by atoms with van der Waals surface area (Å²) in [7, 11) is -3.67. The van der Waals surface area contributed by atoms with Crippen molar-refractivity contribution in [2.45, 2.75) is 32.9 Å². The third-order valence-corrected chi connectivity index (χ3v) is 5.77. The molecule has 3 rings (SSSR count). The summed E-state index contributed by atoms with van der Waals surface area (Å²) in [5.74, 6) is 1.51. The van der Waals surface area contributed by atoms with E-state index in [1.54, 1.807) is 30.3 Å². The van der Waals surface area contributed by atoms with E-state index >= 15 is 0 Å². The van der Waals surface area contributed by atoms with Crippen LogP contribution < -0.4 is 23.8 Å². The second-order valence-corrected chi connectivity index (χ2v) is 9.53. The zero-order valence-corrected chi connectivity index (χ0v) is 18.9. The lowest BCUT2D eigenvalue weighted by molar-refractivity contribution is -0.120. The lowest BCUT2D eigenvalue weighted by Crippen LogP contribution is -2.41. The van der Waals surface area contributed by atoms with Crippen molar-refractivity contribution in [1.29, 1.82) is 0 Å². The van der Waals surface area contributed by atoms with Crippen LogP contribution in [0.25, 0.3) is 0 Å². The van der Waals surface area contributed by atoms with E-state index in [1.807, 2.05) is 32.9 Å². The van der Waals surface area contributed by atoms with E-state index < -0.39 is 15.9 Å². The van der Waals surface area contributed by atoms with Gasteiger partial charge in [0.15, 0.2) is 11.5 Å². The van der Waals surface area contributed by atoms with Crippen LogP contribution in [-0.2, 0) is 14.8 Å². The number of carbonyl (C=O) groups is 1. The highest BCUT2D eigenvalue weighted by molar-refractivity contribution is 7.92. The predicted octanol–water partition coefficient (Wildman–Crippen LogP) is 2.89. The Bertz CT molecular complexity index is 1020. The Morgan fingerprint density at radius 3 is 2.32 bits per heavy atom. The van der Waals surface area contributed by atoms with Gasteiger partial charge in [0.25, 0.3) is 0 Å². The molecule has 2 aromatic rings. The molecule has 1 heterocycles. The molecule has 1 N–H and O–H groups in total. The standard InChI is InChI=1S/C22H28N2O6S/c1-15(2)30-19-8-6-18(7-9-19)24(31(4,26)27)14-22(25)23-16(3)17-5-10-20-21(13-17)29-12-11-28-20/h5-10,13,15-16H,11-12,14H2,1-4H3,(H,23,25). The Balaban J connectivity index is 1.69. The van der Waals surface area contributed by atoms with Gasteiger partial charge in [-0.05, 0) is 62.7 Å². The molecule has 1 aliphatic rings. The smallest absolute Gasteiger partial charge is 0.241 e. The number of carbonyl (C=O) groups excluding carboxylic acids is 1. The summed E-state index contributed by atoms with van der Waals surface area (Å²) >= 11 is 0. The maximum atomic E-state index is 12.7. The van der Waals surface area contributed by atoms with Gasteiger partial charge in [-0.3, -0.25) is 9.10 Å². The van der Waals surface area contributed by atoms with E-state index in [-0.39, 0.29) is 18.7 Å². The number of hydrogen-bond acceptors (Lipinski definition) is 6. The highest BCUT2D eigenvalue weighted by Crippen LogP contribution is 2.32. The van der Waals surface area contributed by atoms with Gasteiger partial charge in [0.2, 0.25) is 15.9 Å². The molecular weight excluding hydrogens is 420 g/mol. The number of hydrogen-bond donors (Lipinski definition) is 1. The first kappa shape index (κ1) is 22.7. The number of rotatable bonds is 8. The molecule has 0 spiro atoms. The number of anilines is 1. The van der Waals surface area contributed by atoms with E-state index in [0.29, 0.717) is 36.1 Å². The molecule has 168 valence electrons. The molecule has 31 heavy (non-hydrogen) atoms. The minimum atomic E-state index is -3.67. The van der Waals surface area contributed by atoms with Gasteiger partial charge in [-0.2, -0.15) is 0 Å². The maximum absolute atomic E-state index is 12.7. The normalized spacial score (nSPS) is 14.1. The molecular formula is C22H28N2O6S. The molecule has 1 aliphatic heterocycles. The number of fused-ring (bicyclic) bond motifs is 1. The zero-order chi connectivity index (χ0) is 22.6. The largest absolute Gasteiger partial charge is 0.491 e. The molecule has 0 saturated carbocycles. The van der Waals surface area contributed by atoms with Crippen molar-refractivity contribution in [2.24, 2.45) is 0 Å². The first-order valence-corrected chi connectivity index (χ1v) is 11.9. The minimum absolute atomic E-state index is 0.00434. The Labute approximate surface area is 183 Å². The van der Waals surface area contributed by atoms with Crippen LogP contribution in [0.4, 0.5) is 5.69 Å². The Kier molecular flexibility index (Phi) is 6.94. The number of sulfonamides is 1. The molecule has 8 nitrogen and oxygen atoms in total. The van der Waals surface area contributed by atoms with Crippen LogP contribution in [0.2, 0.25) is 0 Å². The molecule has 0 fully saturated rings. The monoisotopic (exact) mass is 448 g/mol. The van der Waals surface area contributed by atoms with Crippen molar-refractivity contribution in [1.82, 2.24) is 5.32 Å². The average molecular weight is 449 g/mol. The van der Waals surface area contributed by atoms with Gasteiger partial charge >= 0.3 is 0 Å². The van der Waals surface area contributed by atoms with Gasteiger partial charge in [0.1, 0.15) is 25.5 Å². The summed E-state index contributed by atoms with van der Waals surface area (Å²) in [6.07, 6.45) is 1.08. The molecule has 1 unspecified atom stereocenters. The lowest BCUT2D eigenvalue weighted by atomic mass is 10.1. The van der Waals surface area contributed by atoms with Crippen molar-refractivity contribution in [3.05, 3.63) is 48.0 Å². The summed E-state index contributed by atoms with van der Waals surface area (Å²) in [5, 5.41) is 2.85. The van der Waals surface area contributed by atoms with Gasteiger partial charge in [-0.15, -0.1) is 0 Å². The first-order chi connectivity index (χ1) is 14.6. The van der Waals surface area contributed by atoms with Gasteiger partial charge in [0.05, 0.1) is 24.1 Å². The van der Waals surface area contributed by atoms with Crippen LogP contribution in [0.5, 0.6) is 17.2 Å². The zero-order valence-electron chi connectivity index (χ0n) is 18.1. The molecule has 9 heteroatoms. The van der Waals surface area contributed by atoms with E-state index in [0.717, 1.165) is 16.1 Å². The van der Waals surface area contributed by atoms with Crippen LogP contribution in [0.3, 0.4) is 0 Å². The topological polar surface area (TPSA) is 94.2 Å². The summed E-state index contributed by atoms with van der Waals surface area (Å²) in [4.78, 5) is 12.7. The highest BCUT2D eigenvalue weighted by Gasteiger charge is 2.23. The summed E-state index contributed by atoms with van der Waals surface area (Å²) < 4.78 is 42.4. The van der Waals surface area contributed by atoms with E-state index in [4.69, 9.17) is 14.2 Å². The van der Waals surface area contributed by atoms with Crippen molar-refractivity contribution < 1.29 is 27.4 Å². The molecule has 0 radical (unpaired) electrons. The molecule has 0 saturated heterocycles. The van der Waals surface area contributed by atoms with Crippen LogP contribution in [-0.4, -0.2) is 46.4 Å². The molecule has 2 aromatic carbocycles. The van der Waals surface area contributed by atoms with Crippen LogP contribution in [0.1, 0.15) is 32.4 Å².